The number of nitrogens with zero attached hydrogens (tertiary/aromatic N) is 1. The molecule has 3 N–H and O–H groups in total. The van der Waals surface area contributed by atoms with Crippen molar-refractivity contribution in [3.05, 3.63) is 24.3 Å². The molecule has 1 saturated carbocycles. The number of carboxylic acids is 1. The molecule has 1 fully saturated rings. The number of hydrogen-bond acceptors (Lipinski definition) is 3. The van der Waals surface area contributed by atoms with Gasteiger partial charge in [0.05, 0.1) is 5.92 Å². The van der Waals surface area contributed by atoms with Crippen molar-refractivity contribution in [1.29, 1.82) is 0 Å². The Morgan fingerprint density at radius 2 is 1.81 bits per heavy atom. The smallest absolute Gasteiger partial charge is 0.321 e. The second kappa shape index (κ2) is 6.47. The molecule has 2 atom stereocenters. The van der Waals surface area contributed by atoms with Crippen LogP contribution in [0.3, 0.4) is 0 Å². The molecule has 0 spiro atoms. The quantitative estimate of drug-likeness (QED) is 0.796. The van der Waals surface area contributed by atoms with Crippen LogP contribution in [0.25, 0.3) is 0 Å². The molecule has 1 aromatic carbocycles. The number of carbonyl (C=O) groups excluding carboxylic acids is 1. The van der Waals surface area contributed by atoms with Crippen LogP contribution in [0, 0.1) is 5.92 Å². The minimum Gasteiger partial charge on any atom is -0.508 e. The van der Waals surface area contributed by atoms with E-state index in [9.17, 15) is 19.8 Å². The number of phenolic OH excluding ortho intramolecular Hbond substituents is 1. The number of nitrogens with one attached hydrogen (secondary N) is 1. The Morgan fingerprint density at radius 3 is 2.43 bits per heavy atom. The number of amides is 2. The predicted molar refractivity (Wildman–Crippen MR) is 78.4 cm³/mol. The first-order valence-electron chi connectivity index (χ1n) is 7.05. The van der Waals surface area contributed by atoms with Crippen LogP contribution >= 0.6 is 0 Å². The van der Waals surface area contributed by atoms with Crippen LogP contribution in [-0.2, 0) is 4.79 Å². The molecule has 0 saturated heterocycles. The number of anilines is 1. The molecule has 1 aromatic rings. The topological polar surface area (TPSA) is 89.9 Å². The highest BCUT2D eigenvalue weighted by Gasteiger charge is 2.32. The summed E-state index contributed by atoms with van der Waals surface area (Å²) in [5.74, 6) is -1.24. The molecule has 0 aliphatic heterocycles. The molecule has 0 heterocycles. The van der Waals surface area contributed by atoms with E-state index in [-0.39, 0.29) is 17.8 Å². The van der Waals surface area contributed by atoms with E-state index in [0.717, 1.165) is 12.8 Å². The number of carboxylic acid groups (broad SMARTS) is 1. The summed E-state index contributed by atoms with van der Waals surface area (Å²) in [6, 6.07) is 5.59. The van der Waals surface area contributed by atoms with E-state index in [2.05, 4.69) is 5.32 Å². The molecule has 2 rings (SSSR count). The second-order valence-electron chi connectivity index (χ2n) is 5.36. The van der Waals surface area contributed by atoms with Crippen LogP contribution in [0.1, 0.15) is 25.7 Å². The predicted octanol–water partition coefficient (Wildman–Crippen LogP) is 2.18. The van der Waals surface area contributed by atoms with Gasteiger partial charge < -0.3 is 15.5 Å². The number of carbonyl (C=O) groups is 2. The van der Waals surface area contributed by atoms with Gasteiger partial charge in [-0.3, -0.25) is 9.69 Å². The van der Waals surface area contributed by atoms with Crippen LogP contribution < -0.4 is 10.2 Å². The van der Waals surface area contributed by atoms with Crippen molar-refractivity contribution in [2.75, 3.05) is 11.9 Å². The zero-order chi connectivity index (χ0) is 15.4. The highest BCUT2D eigenvalue weighted by Crippen LogP contribution is 2.25. The summed E-state index contributed by atoms with van der Waals surface area (Å²) in [5.41, 5.74) is 0.632. The summed E-state index contributed by atoms with van der Waals surface area (Å²) < 4.78 is 0. The molecule has 6 nitrogen and oxygen atoms in total. The number of rotatable bonds is 3. The number of hydrogen-bond donors (Lipinski definition) is 3. The van der Waals surface area contributed by atoms with Crippen LogP contribution in [-0.4, -0.2) is 35.3 Å². The Balaban J connectivity index is 2.02. The van der Waals surface area contributed by atoms with Crippen molar-refractivity contribution < 1.29 is 19.8 Å². The zero-order valence-electron chi connectivity index (χ0n) is 12.0. The van der Waals surface area contributed by atoms with E-state index in [1.165, 1.54) is 17.0 Å². The molecule has 1 aliphatic rings. The first-order valence-corrected chi connectivity index (χ1v) is 7.05. The third kappa shape index (κ3) is 3.65. The van der Waals surface area contributed by atoms with E-state index in [1.54, 1.807) is 19.2 Å². The van der Waals surface area contributed by atoms with Gasteiger partial charge in [0, 0.05) is 18.8 Å². The van der Waals surface area contributed by atoms with Gasteiger partial charge in [-0.2, -0.15) is 0 Å². The molecule has 0 bridgehead atoms. The van der Waals surface area contributed by atoms with Crippen LogP contribution in [0.15, 0.2) is 24.3 Å². The fourth-order valence-electron chi connectivity index (χ4n) is 2.65. The van der Waals surface area contributed by atoms with E-state index < -0.39 is 11.9 Å². The number of phenols is 1. The van der Waals surface area contributed by atoms with E-state index in [4.69, 9.17) is 0 Å². The average molecular weight is 292 g/mol. The van der Waals surface area contributed by atoms with Gasteiger partial charge in [-0.15, -0.1) is 0 Å². The summed E-state index contributed by atoms with van der Waals surface area (Å²) in [4.78, 5) is 24.9. The van der Waals surface area contributed by atoms with Crippen LogP contribution in [0.2, 0.25) is 0 Å². The Morgan fingerprint density at radius 1 is 1.19 bits per heavy atom. The van der Waals surface area contributed by atoms with Crippen molar-refractivity contribution >= 4 is 17.7 Å². The van der Waals surface area contributed by atoms with Crippen molar-refractivity contribution in [2.24, 2.45) is 5.92 Å². The molecule has 1 aliphatic carbocycles. The minimum absolute atomic E-state index is 0.130. The highest BCUT2D eigenvalue weighted by atomic mass is 16.4. The monoisotopic (exact) mass is 292 g/mol. The first kappa shape index (κ1) is 15.2. The van der Waals surface area contributed by atoms with Gasteiger partial charge in [0.1, 0.15) is 5.75 Å². The number of aromatic hydroxyl groups is 1. The molecule has 0 aromatic heterocycles. The maximum atomic E-state index is 12.2. The molecular formula is C15H20N2O4. The van der Waals surface area contributed by atoms with Gasteiger partial charge >= 0.3 is 12.0 Å². The van der Waals surface area contributed by atoms with Gasteiger partial charge in [0.25, 0.3) is 0 Å². The molecule has 114 valence electrons. The highest BCUT2D eigenvalue weighted by molar-refractivity contribution is 5.92. The van der Waals surface area contributed by atoms with Gasteiger partial charge in [0.15, 0.2) is 0 Å². The summed E-state index contributed by atoms with van der Waals surface area (Å²) >= 11 is 0. The van der Waals surface area contributed by atoms with Crippen molar-refractivity contribution in [3.63, 3.8) is 0 Å². The largest absolute Gasteiger partial charge is 0.508 e. The van der Waals surface area contributed by atoms with E-state index in [1.807, 2.05) is 0 Å². The summed E-state index contributed by atoms with van der Waals surface area (Å²) in [6.45, 7) is 0. The normalized spacial score (nSPS) is 21.6. The lowest BCUT2D eigenvalue weighted by atomic mass is 9.84. The Bertz CT molecular complexity index is 515. The van der Waals surface area contributed by atoms with Gasteiger partial charge in [-0.05, 0) is 37.1 Å². The Hall–Kier alpha value is -2.24. The average Bonchev–Trinajstić information content (AvgIpc) is 2.47. The molecular weight excluding hydrogens is 272 g/mol. The number of aliphatic carboxylic acids is 1. The Kier molecular flexibility index (Phi) is 4.67. The molecule has 2 unspecified atom stereocenters. The third-order valence-corrected chi connectivity index (χ3v) is 3.93. The molecule has 6 heteroatoms. The van der Waals surface area contributed by atoms with Crippen LogP contribution in [0.4, 0.5) is 10.5 Å². The standard InChI is InChI=1S/C15H20N2O4/c1-17(10-6-8-11(18)9-7-10)15(21)16-13-5-3-2-4-12(13)14(19)20/h6-9,12-13,18H,2-5H2,1H3,(H,16,21)(H,19,20). The van der Waals surface area contributed by atoms with Gasteiger partial charge in [-0.1, -0.05) is 12.8 Å². The van der Waals surface area contributed by atoms with E-state index >= 15 is 0 Å². The zero-order valence-corrected chi connectivity index (χ0v) is 12.0. The number of benzene rings is 1. The first-order chi connectivity index (χ1) is 9.99. The lowest BCUT2D eigenvalue weighted by molar-refractivity contribution is -0.143. The van der Waals surface area contributed by atoms with Gasteiger partial charge in [-0.25, -0.2) is 4.79 Å². The number of urea groups is 1. The molecule has 21 heavy (non-hydrogen) atoms. The fraction of sp³-hybridized carbons (Fsp3) is 0.467. The van der Waals surface area contributed by atoms with Crippen molar-refractivity contribution in [3.8, 4) is 5.75 Å². The lowest BCUT2D eigenvalue weighted by Crippen LogP contribution is -2.49. The summed E-state index contributed by atoms with van der Waals surface area (Å²) in [5, 5.41) is 21.3. The summed E-state index contributed by atoms with van der Waals surface area (Å²) in [7, 11) is 1.61. The third-order valence-electron chi connectivity index (χ3n) is 3.93. The maximum absolute atomic E-state index is 12.2. The fourth-order valence-corrected chi connectivity index (χ4v) is 2.65. The SMILES string of the molecule is CN(C(=O)NC1CCCCC1C(=O)O)c1ccc(O)cc1. The second-order valence-corrected chi connectivity index (χ2v) is 5.36. The minimum atomic E-state index is -0.854. The Labute approximate surface area is 123 Å². The van der Waals surface area contributed by atoms with Crippen LogP contribution in [0.5, 0.6) is 5.75 Å². The van der Waals surface area contributed by atoms with Gasteiger partial charge in [0.2, 0.25) is 0 Å². The molecule has 2 amide bonds. The van der Waals surface area contributed by atoms with Crippen molar-refractivity contribution in [2.45, 2.75) is 31.7 Å². The van der Waals surface area contributed by atoms with Crippen molar-refractivity contribution in [1.82, 2.24) is 5.32 Å². The maximum Gasteiger partial charge on any atom is 0.321 e. The summed E-state index contributed by atoms with van der Waals surface area (Å²) in [6.07, 6.45) is 3.10. The molecule has 0 radical (unpaired) electrons. The van der Waals surface area contributed by atoms with E-state index in [0.29, 0.717) is 18.5 Å². The lowest BCUT2D eigenvalue weighted by Gasteiger charge is -2.31.